The van der Waals surface area contributed by atoms with Crippen LogP contribution in [0, 0.1) is 0 Å². The third kappa shape index (κ3) is 3.16. The number of hydrogen-bond donors (Lipinski definition) is 1. The van der Waals surface area contributed by atoms with Crippen molar-refractivity contribution in [1.82, 2.24) is 0 Å². The van der Waals surface area contributed by atoms with Crippen molar-refractivity contribution < 1.29 is 17.9 Å². The summed E-state index contributed by atoms with van der Waals surface area (Å²) in [5.74, 6) is 0.452. The molecule has 2 N–H and O–H groups in total. The van der Waals surface area contributed by atoms with Crippen molar-refractivity contribution in [1.29, 1.82) is 0 Å². The van der Waals surface area contributed by atoms with E-state index in [1.807, 2.05) is 0 Å². The topological polar surface area (TPSA) is 35.2 Å². The van der Waals surface area contributed by atoms with Crippen LogP contribution in [0.15, 0.2) is 36.4 Å². The second kappa shape index (κ2) is 6.06. The van der Waals surface area contributed by atoms with Crippen molar-refractivity contribution in [2.75, 3.05) is 6.54 Å². The molecule has 6 heteroatoms. The van der Waals surface area contributed by atoms with E-state index >= 15 is 0 Å². The first-order valence-corrected chi connectivity index (χ1v) is 7.63. The minimum atomic E-state index is -4.45. The Hall–Kier alpha value is -1.72. The number of ether oxygens (including phenoxy) is 1. The van der Waals surface area contributed by atoms with Gasteiger partial charge in [-0.1, -0.05) is 29.8 Å². The van der Waals surface area contributed by atoms with Crippen LogP contribution in [-0.2, 0) is 12.6 Å². The molecule has 0 spiro atoms. The number of hydrogen-bond acceptors (Lipinski definition) is 2. The fourth-order valence-electron chi connectivity index (χ4n) is 2.85. The lowest BCUT2D eigenvalue weighted by molar-refractivity contribution is -0.137. The number of rotatable bonds is 2. The molecule has 0 aromatic heterocycles. The molecular formula is C17H15ClF3NO. The second-order valence-corrected chi connectivity index (χ2v) is 5.94. The zero-order valence-corrected chi connectivity index (χ0v) is 12.9. The first-order valence-electron chi connectivity index (χ1n) is 7.26. The van der Waals surface area contributed by atoms with E-state index in [9.17, 15) is 13.2 Å². The summed E-state index contributed by atoms with van der Waals surface area (Å²) in [6, 6.07) is 8.69. The molecule has 23 heavy (non-hydrogen) atoms. The lowest BCUT2D eigenvalue weighted by atomic mass is 9.93. The van der Waals surface area contributed by atoms with E-state index in [-0.39, 0.29) is 11.7 Å². The summed E-state index contributed by atoms with van der Waals surface area (Å²) in [6.45, 7) is 0.322. The van der Waals surface area contributed by atoms with E-state index in [0.29, 0.717) is 29.3 Å². The Morgan fingerprint density at radius 3 is 2.61 bits per heavy atom. The van der Waals surface area contributed by atoms with Gasteiger partial charge in [-0.3, -0.25) is 0 Å². The highest BCUT2D eigenvalue weighted by Gasteiger charge is 2.35. The molecule has 0 radical (unpaired) electrons. The minimum Gasteiger partial charge on any atom is -0.488 e. The molecule has 2 nitrogen and oxygen atoms in total. The Balaban J connectivity index is 2.20. The highest BCUT2D eigenvalue weighted by Crippen LogP contribution is 2.44. The zero-order valence-electron chi connectivity index (χ0n) is 12.2. The second-order valence-electron chi connectivity index (χ2n) is 5.50. The summed E-state index contributed by atoms with van der Waals surface area (Å²) < 4.78 is 45.8. The predicted molar refractivity (Wildman–Crippen MR) is 83.7 cm³/mol. The third-order valence-electron chi connectivity index (χ3n) is 3.94. The summed E-state index contributed by atoms with van der Waals surface area (Å²) >= 11 is 6.11. The number of nitrogens with two attached hydrogens (primary N) is 1. The number of aryl methyl sites for hydroxylation is 1. The van der Waals surface area contributed by atoms with Crippen LogP contribution in [0.2, 0.25) is 5.02 Å². The van der Waals surface area contributed by atoms with E-state index in [2.05, 4.69) is 0 Å². The zero-order chi connectivity index (χ0) is 16.6. The van der Waals surface area contributed by atoms with E-state index in [0.717, 1.165) is 18.1 Å². The molecule has 0 amide bonds. The SMILES string of the molecule is NC[C@H]1CCc2cc(Cl)cc(-c3ccccc3C(F)(F)F)c2O1. The lowest BCUT2D eigenvalue weighted by Gasteiger charge is -2.28. The quantitative estimate of drug-likeness (QED) is 0.861. The van der Waals surface area contributed by atoms with Gasteiger partial charge in [0.15, 0.2) is 0 Å². The van der Waals surface area contributed by atoms with Crippen molar-refractivity contribution in [2.45, 2.75) is 25.1 Å². The average Bonchev–Trinajstić information content (AvgIpc) is 2.53. The highest BCUT2D eigenvalue weighted by molar-refractivity contribution is 6.31. The number of alkyl halides is 3. The standard InChI is InChI=1S/C17H15ClF3NO/c18-11-7-10-5-6-12(9-22)23-16(10)14(8-11)13-3-1-2-4-15(13)17(19,20)21/h1-4,7-8,12H,5-6,9,22H2/t12-/m1/s1. The van der Waals surface area contributed by atoms with Gasteiger partial charge in [0.05, 0.1) is 5.56 Å². The highest BCUT2D eigenvalue weighted by atomic mass is 35.5. The molecule has 3 rings (SSSR count). The summed E-state index contributed by atoms with van der Waals surface area (Å²) in [6.07, 6.45) is -3.24. The maximum Gasteiger partial charge on any atom is 0.417 e. The van der Waals surface area contributed by atoms with Crippen molar-refractivity contribution in [3.63, 3.8) is 0 Å². The Morgan fingerprint density at radius 2 is 1.91 bits per heavy atom. The van der Waals surface area contributed by atoms with Crippen LogP contribution >= 0.6 is 11.6 Å². The molecule has 2 aromatic carbocycles. The summed E-state index contributed by atoms with van der Waals surface area (Å²) in [7, 11) is 0. The first kappa shape index (κ1) is 16.1. The Morgan fingerprint density at radius 1 is 1.17 bits per heavy atom. The molecule has 1 aliphatic heterocycles. The van der Waals surface area contributed by atoms with Gasteiger partial charge in [-0.05, 0) is 42.2 Å². The average molecular weight is 342 g/mol. The molecule has 1 atom stereocenters. The van der Waals surface area contributed by atoms with Gasteiger partial charge in [0.2, 0.25) is 0 Å². The van der Waals surface area contributed by atoms with Crippen LogP contribution in [0.3, 0.4) is 0 Å². The largest absolute Gasteiger partial charge is 0.488 e. The number of benzene rings is 2. The molecule has 1 heterocycles. The van der Waals surface area contributed by atoms with Crippen LogP contribution in [0.1, 0.15) is 17.5 Å². The number of fused-ring (bicyclic) bond motifs is 1. The van der Waals surface area contributed by atoms with Gasteiger partial charge < -0.3 is 10.5 Å². The fourth-order valence-corrected chi connectivity index (χ4v) is 3.09. The fraction of sp³-hybridized carbons (Fsp3) is 0.294. The molecule has 0 unspecified atom stereocenters. The molecule has 0 aliphatic carbocycles. The summed E-state index contributed by atoms with van der Waals surface area (Å²) in [5.41, 5.74) is 6.18. The van der Waals surface area contributed by atoms with Gasteiger partial charge in [-0.25, -0.2) is 0 Å². The van der Waals surface area contributed by atoms with Crippen molar-refractivity contribution >= 4 is 11.6 Å². The van der Waals surface area contributed by atoms with Gasteiger partial charge in [0, 0.05) is 17.1 Å². The van der Waals surface area contributed by atoms with Crippen LogP contribution < -0.4 is 10.5 Å². The molecule has 2 aromatic rings. The van der Waals surface area contributed by atoms with E-state index in [1.165, 1.54) is 18.2 Å². The van der Waals surface area contributed by atoms with Gasteiger partial charge in [0.1, 0.15) is 11.9 Å². The predicted octanol–water partition coefficient (Wildman–Crippen LogP) is 4.68. The Kier molecular flexibility index (Phi) is 4.25. The smallest absolute Gasteiger partial charge is 0.417 e. The van der Waals surface area contributed by atoms with Gasteiger partial charge in [-0.2, -0.15) is 13.2 Å². The number of halogens is 4. The third-order valence-corrected chi connectivity index (χ3v) is 4.15. The van der Waals surface area contributed by atoms with E-state index in [1.54, 1.807) is 12.1 Å². The molecule has 122 valence electrons. The van der Waals surface area contributed by atoms with Crippen molar-refractivity contribution in [3.05, 3.63) is 52.5 Å². The van der Waals surface area contributed by atoms with Crippen LogP contribution in [0.25, 0.3) is 11.1 Å². The lowest BCUT2D eigenvalue weighted by Crippen LogP contribution is -2.30. The minimum absolute atomic E-state index is 0.0661. The summed E-state index contributed by atoms with van der Waals surface area (Å²) in [5, 5.41) is 0.394. The normalized spacial score (nSPS) is 17.5. The monoisotopic (exact) mass is 341 g/mol. The maximum atomic E-state index is 13.3. The Bertz CT molecular complexity index is 730. The van der Waals surface area contributed by atoms with Crippen molar-refractivity contribution in [3.8, 4) is 16.9 Å². The molecule has 1 aliphatic rings. The van der Waals surface area contributed by atoms with Gasteiger partial charge in [0.25, 0.3) is 0 Å². The summed E-state index contributed by atoms with van der Waals surface area (Å²) in [4.78, 5) is 0. The molecule has 0 saturated carbocycles. The molecule has 0 bridgehead atoms. The first-order chi connectivity index (χ1) is 10.9. The van der Waals surface area contributed by atoms with Crippen molar-refractivity contribution in [2.24, 2.45) is 5.73 Å². The van der Waals surface area contributed by atoms with Crippen LogP contribution in [0.4, 0.5) is 13.2 Å². The maximum absolute atomic E-state index is 13.3. The van der Waals surface area contributed by atoms with Gasteiger partial charge in [-0.15, -0.1) is 0 Å². The van der Waals surface area contributed by atoms with Crippen LogP contribution in [-0.4, -0.2) is 12.6 Å². The Labute approximate surface area is 137 Å². The van der Waals surface area contributed by atoms with Crippen LogP contribution in [0.5, 0.6) is 5.75 Å². The van der Waals surface area contributed by atoms with E-state index in [4.69, 9.17) is 22.1 Å². The molecular weight excluding hydrogens is 327 g/mol. The molecule has 0 saturated heterocycles. The van der Waals surface area contributed by atoms with Gasteiger partial charge >= 0.3 is 6.18 Å². The van der Waals surface area contributed by atoms with E-state index < -0.39 is 11.7 Å². The molecule has 0 fully saturated rings.